The van der Waals surface area contributed by atoms with Gasteiger partial charge in [0, 0.05) is 0 Å². The molecule has 0 radical (unpaired) electrons. The van der Waals surface area contributed by atoms with Gasteiger partial charge in [0.05, 0.1) is 12.8 Å². The first-order valence-corrected chi connectivity index (χ1v) is 3.27. The molecule has 1 unspecified atom stereocenters. The summed E-state index contributed by atoms with van der Waals surface area (Å²) in [7, 11) is 0. The molecule has 5 heteroatoms. The molecule has 1 heterocycles. The van der Waals surface area contributed by atoms with Crippen LogP contribution in [0.4, 0.5) is 0 Å². The predicted molar refractivity (Wildman–Crippen MR) is 40.8 cm³/mol. The van der Waals surface area contributed by atoms with E-state index in [0.717, 1.165) is 0 Å². The van der Waals surface area contributed by atoms with Gasteiger partial charge in [-0.1, -0.05) is 23.2 Å². The molecule has 52 valence electrons. The lowest BCUT2D eigenvalue weighted by molar-refractivity contribution is 0.762. The molecule has 0 saturated heterocycles. The Balaban J connectivity index is 2.80. The van der Waals surface area contributed by atoms with Crippen LogP contribution in [0.3, 0.4) is 0 Å². The molecule has 0 spiro atoms. The monoisotopic (exact) mass is 175 g/mol. The molecular weight excluding hydrogens is 173 g/mol. The Kier molecular flexibility index (Phi) is 1.93. The number of rotatable bonds is 0. The van der Waals surface area contributed by atoms with Crippen LogP contribution in [0, 0.1) is 11.3 Å². The van der Waals surface area contributed by atoms with Crippen molar-refractivity contribution in [3.05, 3.63) is 0 Å². The van der Waals surface area contributed by atoms with Gasteiger partial charge in [-0.25, -0.2) is 0 Å². The molecule has 0 aromatic carbocycles. The van der Waals surface area contributed by atoms with Crippen LogP contribution < -0.4 is 0 Å². The second-order valence-electron chi connectivity index (χ2n) is 1.77. The summed E-state index contributed by atoms with van der Waals surface area (Å²) in [6, 6.07) is 1.80. The van der Waals surface area contributed by atoms with Crippen molar-refractivity contribution in [1.29, 1.82) is 5.26 Å². The lowest BCUT2D eigenvalue weighted by Crippen LogP contribution is -2.24. The van der Waals surface area contributed by atoms with Crippen LogP contribution >= 0.6 is 23.2 Å². The molecule has 0 saturated carbocycles. The fraction of sp³-hybridized carbons (Fsp3) is 0.400. The molecule has 0 aromatic heterocycles. The van der Waals surface area contributed by atoms with E-state index in [9.17, 15) is 0 Å². The highest BCUT2D eigenvalue weighted by Gasteiger charge is 2.26. The highest BCUT2D eigenvalue weighted by molar-refractivity contribution is 6.80. The molecule has 0 N–H and O–H groups in total. The van der Waals surface area contributed by atoms with Crippen molar-refractivity contribution < 1.29 is 0 Å². The average Bonchev–Trinajstić information content (AvgIpc) is 1.96. The number of nitriles is 1. The van der Waals surface area contributed by atoms with Crippen molar-refractivity contribution in [2.24, 2.45) is 9.98 Å². The third kappa shape index (κ3) is 1.47. The third-order valence-electron chi connectivity index (χ3n) is 0.987. The molecule has 0 amide bonds. The third-order valence-corrected chi connectivity index (χ3v) is 1.51. The van der Waals surface area contributed by atoms with Crippen LogP contribution in [-0.4, -0.2) is 22.9 Å². The molecule has 1 aliphatic rings. The molecule has 1 aliphatic heterocycles. The van der Waals surface area contributed by atoms with Gasteiger partial charge in [-0.05, 0) is 0 Å². The Labute approximate surface area is 68.0 Å². The number of halogens is 2. The van der Waals surface area contributed by atoms with Crippen molar-refractivity contribution in [3.63, 3.8) is 0 Å². The number of aliphatic imine (C=N–C) groups is 2. The molecular formula is C5H3Cl2N3. The Morgan fingerprint density at radius 1 is 1.80 bits per heavy atom. The van der Waals surface area contributed by atoms with Gasteiger partial charge < -0.3 is 0 Å². The largest absolute Gasteiger partial charge is 0.267 e. The van der Waals surface area contributed by atoms with E-state index in [2.05, 4.69) is 9.98 Å². The fourth-order valence-electron chi connectivity index (χ4n) is 0.482. The first-order valence-electron chi connectivity index (χ1n) is 2.52. The van der Waals surface area contributed by atoms with Gasteiger partial charge in [-0.3, -0.25) is 9.98 Å². The maximum Gasteiger partial charge on any atom is 0.239 e. The van der Waals surface area contributed by atoms with E-state index >= 15 is 0 Å². The smallest absolute Gasteiger partial charge is 0.239 e. The van der Waals surface area contributed by atoms with Crippen LogP contribution in [0.25, 0.3) is 0 Å². The standard InChI is InChI=1S/C5H3Cl2N3/c6-4-1-10-5(7,2-8)3-9-4/h1H,3H2. The van der Waals surface area contributed by atoms with Crippen molar-refractivity contribution in [2.75, 3.05) is 6.54 Å². The molecule has 1 atom stereocenters. The van der Waals surface area contributed by atoms with E-state index in [1.54, 1.807) is 6.07 Å². The summed E-state index contributed by atoms with van der Waals surface area (Å²) < 4.78 is 0. The summed E-state index contributed by atoms with van der Waals surface area (Å²) in [6.07, 6.45) is 1.28. The van der Waals surface area contributed by atoms with Gasteiger partial charge in [0.2, 0.25) is 5.00 Å². The summed E-state index contributed by atoms with van der Waals surface area (Å²) >= 11 is 11.0. The highest BCUT2D eigenvalue weighted by Crippen LogP contribution is 2.18. The maximum atomic E-state index is 8.43. The minimum atomic E-state index is -1.22. The van der Waals surface area contributed by atoms with Crippen molar-refractivity contribution in [2.45, 2.75) is 5.00 Å². The molecule has 0 aliphatic carbocycles. The number of hydrogen-bond donors (Lipinski definition) is 0. The molecule has 1 rings (SSSR count). The van der Waals surface area contributed by atoms with E-state index in [-0.39, 0.29) is 11.7 Å². The molecule has 0 fully saturated rings. The van der Waals surface area contributed by atoms with Gasteiger partial charge in [-0.2, -0.15) is 5.26 Å². The summed E-state index contributed by atoms with van der Waals surface area (Å²) in [5, 5.41) is 8.71. The maximum absolute atomic E-state index is 8.43. The predicted octanol–water partition coefficient (Wildman–Crippen LogP) is 1.17. The number of hydrogen-bond acceptors (Lipinski definition) is 3. The van der Waals surface area contributed by atoms with Gasteiger partial charge in [0.25, 0.3) is 0 Å². The Morgan fingerprint density at radius 2 is 2.50 bits per heavy atom. The van der Waals surface area contributed by atoms with Crippen LogP contribution in [0.15, 0.2) is 9.98 Å². The van der Waals surface area contributed by atoms with Gasteiger partial charge in [0.1, 0.15) is 11.2 Å². The van der Waals surface area contributed by atoms with Gasteiger partial charge in [-0.15, -0.1) is 0 Å². The SMILES string of the molecule is N#CC1(Cl)CN=C(Cl)C=N1. The van der Waals surface area contributed by atoms with Crippen molar-refractivity contribution in [1.82, 2.24) is 0 Å². The van der Waals surface area contributed by atoms with Gasteiger partial charge in [0.15, 0.2) is 0 Å². The summed E-state index contributed by atoms with van der Waals surface area (Å²) in [4.78, 5) is 6.19. The molecule has 0 aromatic rings. The number of nitrogens with zero attached hydrogens (tertiary/aromatic N) is 3. The van der Waals surface area contributed by atoms with E-state index in [1.165, 1.54) is 6.21 Å². The van der Waals surface area contributed by atoms with E-state index in [0.29, 0.717) is 0 Å². The fourth-order valence-corrected chi connectivity index (χ4v) is 0.699. The van der Waals surface area contributed by atoms with E-state index in [4.69, 9.17) is 28.5 Å². The first kappa shape index (κ1) is 7.52. The first-order chi connectivity index (χ1) is 4.66. The molecule has 10 heavy (non-hydrogen) atoms. The number of alkyl halides is 1. The van der Waals surface area contributed by atoms with Crippen LogP contribution in [0.1, 0.15) is 0 Å². The topological polar surface area (TPSA) is 48.5 Å². The van der Waals surface area contributed by atoms with E-state index < -0.39 is 5.00 Å². The molecule has 3 nitrogen and oxygen atoms in total. The van der Waals surface area contributed by atoms with Crippen LogP contribution in [0.2, 0.25) is 0 Å². The average molecular weight is 176 g/mol. The highest BCUT2D eigenvalue weighted by atomic mass is 35.5. The lowest BCUT2D eigenvalue weighted by Gasteiger charge is -2.13. The lowest BCUT2D eigenvalue weighted by atomic mass is 10.3. The second kappa shape index (κ2) is 2.57. The Bertz CT molecular complexity index is 240. The minimum absolute atomic E-state index is 0.125. The van der Waals surface area contributed by atoms with Crippen LogP contribution in [-0.2, 0) is 0 Å². The zero-order valence-corrected chi connectivity index (χ0v) is 6.39. The summed E-state index contributed by atoms with van der Waals surface area (Å²) in [5.74, 6) is 0. The van der Waals surface area contributed by atoms with E-state index in [1.807, 2.05) is 0 Å². The Morgan fingerprint density at radius 3 is 2.90 bits per heavy atom. The summed E-state index contributed by atoms with van der Waals surface area (Å²) in [6.45, 7) is 0.125. The summed E-state index contributed by atoms with van der Waals surface area (Å²) in [5.41, 5.74) is 0. The Hall–Kier alpha value is -0.590. The normalized spacial score (nSPS) is 31.1. The quantitative estimate of drug-likeness (QED) is 0.403. The molecule has 0 bridgehead atoms. The second-order valence-corrected chi connectivity index (χ2v) is 2.78. The zero-order valence-electron chi connectivity index (χ0n) is 4.88. The van der Waals surface area contributed by atoms with Crippen molar-refractivity contribution in [3.8, 4) is 6.07 Å². The van der Waals surface area contributed by atoms with Crippen molar-refractivity contribution >= 4 is 34.6 Å². The minimum Gasteiger partial charge on any atom is -0.267 e. The van der Waals surface area contributed by atoms with Gasteiger partial charge >= 0.3 is 0 Å². The van der Waals surface area contributed by atoms with Crippen LogP contribution in [0.5, 0.6) is 0 Å². The zero-order chi connectivity index (χ0) is 7.61.